The number of carbonyl (C=O) groups excluding carboxylic acids is 1. The van der Waals surface area contributed by atoms with Gasteiger partial charge >= 0.3 is 0 Å². The Labute approximate surface area is 205 Å². The van der Waals surface area contributed by atoms with Crippen molar-refractivity contribution in [3.63, 3.8) is 0 Å². The Morgan fingerprint density at radius 2 is 2.00 bits per heavy atom. The lowest BCUT2D eigenvalue weighted by molar-refractivity contribution is 0.0945. The Morgan fingerprint density at radius 3 is 2.71 bits per heavy atom. The molecule has 6 heteroatoms. The van der Waals surface area contributed by atoms with E-state index in [2.05, 4.69) is 41.2 Å². The van der Waals surface area contributed by atoms with E-state index < -0.39 is 0 Å². The van der Waals surface area contributed by atoms with Crippen LogP contribution < -0.4 is 5.32 Å². The number of amides is 1. The van der Waals surface area contributed by atoms with E-state index in [0.717, 1.165) is 46.3 Å². The summed E-state index contributed by atoms with van der Waals surface area (Å²) in [5, 5.41) is 6.22. The first-order valence-corrected chi connectivity index (χ1v) is 13.0. The molecule has 0 aliphatic carbocycles. The Balaban J connectivity index is 1.63. The molecule has 0 fully saturated rings. The molecule has 1 N–H and O–H groups in total. The largest absolute Gasteiger partial charge is 0.467 e. The number of hydrogen-bond donors (Lipinski definition) is 1. The third-order valence-electron chi connectivity index (χ3n) is 6.39. The maximum atomic E-state index is 13.2. The first-order chi connectivity index (χ1) is 16.6. The molecule has 1 atom stereocenters. The van der Waals surface area contributed by atoms with Gasteiger partial charge in [-0.15, -0.1) is 11.3 Å². The Bertz CT molecular complexity index is 1190. The summed E-state index contributed by atoms with van der Waals surface area (Å²) in [7, 11) is 0. The molecule has 0 bridgehead atoms. The number of benzene rings is 1. The van der Waals surface area contributed by atoms with Gasteiger partial charge in [0.2, 0.25) is 0 Å². The summed E-state index contributed by atoms with van der Waals surface area (Å²) >= 11 is 1.61. The van der Waals surface area contributed by atoms with Crippen molar-refractivity contribution in [1.82, 2.24) is 14.9 Å². The van der Waals surface area contributed by atoms with Crippen molar-refractivity contribution >= 4 is 17.2 Å². The summed E-state index contributed by atoms with van der Waals surface area (Å²) < 4.78 is 7.75. The SMILES string of the molecule is CCCCC(CC)CNC(=O)c1cc(-c2csc(-c3ccccc3)n2)n(Cc2ccco2)c1C. The summed E-state index contributed by atoms with van der Waals surface area (Å²) in [4.78, 5) is 18.1. The normalized spacial score (nSPS) is 12.1. The molecule has 34 heavy (non-hydrogen) atoms. The highest BCUT2D eigenvalue weighted by atomic mass is 32.1. The molecule has 0 saturated heterocycles. The Morgan fingerprint density at radius 1 is 1.18 bits per heavy atom. The molecule has 3 aromatic heterocycles. The number of aromatic nitrogens is 2. The van der Waals surface area contributed by atoms with E-state index in [1.165, 1.54) is 12.8 Å². The van der Waals surface area contributed by atoms with Crippen molar-refractivity contribution in [2.75, 3.05) is 6.54 Å². The lowest BCUT2D eigenvalue weighted by Gasteiger charge is -2.15. The van der Waals surface area contributed by atoms with Crippen molar-refractivity contribution < 1.29 is 9.21 Å². The summed E-state index contributed by atoms with van der Waals surface area (Å²) in [5.74, 6) is 1.34. The van der Waals surface area contributed by atoms with Gasteiger partial charge in [-0.3, -0.25) is 4.79 Å². The van der Waals surface area contributed by atoms with Gasteiger partial charge in [0.1, 0.15) is 10.8 Å². The molecular weight excluding hydrogens is 442 g/mol. The van der Waals surface area contributed by atoms with Gasteiger partial charge in [-0.25, -0.2) is 4.98 Å². The standard InChI is InChI=1S/C28H33N3O2S/c1-4-6-11-21(5-2)17-29-27(32)24-16-26(31(20(24)3)18-23-14-10-15-33-23)25-19-34-28(30-25)22-12-8-7-9-13-22/h7-10,12-16,19,21H,4-6,11,17-18H2,1-3H3,(H,29,32). The molecule has 1 aromatic carbocycles. The zero-order chi connectivity index (χ0) is 23.9. The molecule has 1 amide bonds. The number of nitrogens with one attached hydrogen (secondary N) is 1. The molecule has 0 spiro atoms. The van der Waals surface area contributed by atoms with Crippen molar-refractivity contribution in [1.29, 1.82) is 0 Å². The van der Waals surface area contributed by atoms with Crippen LogP contribution in [0.4, 0.5) is 0 Å². The Hall–Kier alpha value is -3.12. The summed E-state index contributed by atoms with van der Waals surface area (Å²) in [6.07, 6.45) is 6.29. The molecule has 1 unspecified atom stereocenters. The van der Waals surface area contributed by atoms with Gasteiger partial charge in [-0.05, 0) is 37.5 Å². The number of unbranched alkanes of at least 4 members (excludes halogenated alkanes) is 1. The average Bonchev–Trinajstić information content (AvgIpc) is 3.62. The number of nitrogens with zero attached hydrogens (tertiary/aromatic N) is 2. The zero-order valence-electron chi connectivity index (χ0n) is 20.2. The van der Waals surface area contributed by atoms with Crippen molar-refractivity contribution in [3.05, 3.63) is 77.2 Å². The fourth-order valence-electron chi connectivity index (χ4n) is 4.23. The molecule has 0 aliphatic rings. The summed E-state index contributed by atoms with van der Waals surface area (Å²) in [5.41, 5.74) is 4.50. The van der Waals surface area contributed by atoms with Crippen LogP contribution >= 0.6 is 11.3 Å². The summed E-state index contributed by atoms with van der Waals surface area (Å²) in [6.45, 7) is 7.66. The van der Waals surface area contributed by atoms with Gasteiger partial charge in [0.05, 0.1) is 29.8 Å². The van der Waals surface area contributed by atoms with E-state index in [1.54, 1.807) is 17.6 Å². The van der Waals surface area contributed by atoms with Gasteiger partial charge in [-0.1, -0.05) is 63.4 Å². The molecule has 4 rings (SSSR count). The van der Waals surface area contributed by atoms with Crippen LogP contribution in [0, 0.1) is 12.8 Å². The highest BCUT2D eigenvalue weighted by molar-refractivity contribution is 7.13. The third kappa shape index (κ3) is 5.50. The second kappa shape index (κ2) is 11.3. The van der Waals surface area contributed by atoms with Gasteiger partial charge in [0.15, 0.2) is 0 Å². The zero-order valence-corrected chi connectivity index (χ0v) is 21.0. The van der Waals surface area contributed by atoms with Crippen LogP contribution in [0.15, 0.2) is 64.6 Å². The summed E-state index contributed by atoms with van der Waals surface area (Å²) in [6, 6.07) is 16.0. The minimum atomic E-state index is -0.0228. The number of rotatable bonds is 11. The second-order valence-electron chi connectivity index (χ2n) is 8.72. The molecule has 3 heterocycles. The van der Waals surface area contributed by atoms with Crippen LogP contribution in [0.25, 0.3) is 22.0 Å². The van der Waals surface area contributed by atoms with Gasteiger partial charge in [0.25, 0.3) is 5.91 Å². The van der Waals surface area contributed by atoms with Crippen molar-refractivity contribution in [2.45, 2.75) is 53.0 Å². The van der Waals surface area contributed by atoms with Gasteiger partial charge in [0, 0.05) is 23.2 Å². The number of hydrogen-bond acceptors (Lipinski definition) is 4. The molecule has 0 radical (unpaired) electrons. The topological polar surface area (TPSA) is 60.1 Å². The number of thiazole rings is 1. The minimum Gasteiger partial charge on any atom is -0.467 e. The maximum Gasteiger partial charge on any atom is 0.253 e. The highest BCUT2D eigenvalue weighted by Crippen LogP contribution is 2.32. The highest BCUT2D eigenvalue weighted by Gasteiger charge is 2.21. The van der Waals surface area contributed by atoms with Crippen molar-refractivity contribution in [3.8, 4) is 22.0 Å². The van der Waals surface area contributed by atoms with Crippen LogP contribution in [-0.4, -0.2) is 22.0 Å². The minimum absolute atomic E-state index is 0.0228. The van der Waals surface area contributed by atoms with E-state index in [-0.39, 0.29) is 5.91 Å². The van der Waals surface area contributed by atoms with E-state index in [9.17, 15) is 4.79 Å². The van der Waals surface area contributed by atoms with Gasteiger partial charge in [-0.2, -0.15) is 0 Å². The quantitative estimate of drug-likeness (QED) is 0.250. The van der Waals surface area contributed by atoms with E-state index >= 15 is 0 Å². The smallest absolute Gasteiger partial charge is 0.253 e. The first-order valence-electron chi connectivity index (χ1n) is 12.1. The predicted octanol–water partition coefficient (Wildman–Crippen LogP) is 7.17. The monoisotopic (exact) mass is 475 g/mol. The lowest BCUT2D eigenvalue weighted by Crippen LogP contribution is -2.29. The molecule has 4 aromatic rings. The van der Waals surface area contributed by atoms with E-state index in [4.69, 9.17) is 9.40 Å². The average molecular weight is 476 g/mol. The first kappa shape index (κ1) is 24.0. The fourth-order valence-corrected chi connectivity index (χ4v) is 5.05. The van der Waals surface area contributed by atoms with Crippen molar-refractivity contribution in [2.24, 2.45) is 5.92 Å². The van der Waals surface area contributed by atoms with E-state index in [0.29, 0.717) is 24.6 Å². The second-order valence-corrected chi connectivity index (χ2v) is 9.58. The van der Waals surface area contributed by atoms with Crippen LogP contribution in [0.5, 0.6) is 0 Å². The lowest BCUT2D eigenvalue weighted by atomic mass is 9.99. The molecule has 0 saturated carbocycles. The number of furan rings is 1. The Kier molecular flexibility index (Phi) is 8.01. The molecule has 5 nitrogen and oxygen atoms in total. The number of carbonyl (C=O) groups is 1. The molecular formula is C28H33N3O2S. The van der Waals surface area contributed by atoms with Crippen LogP contribution in [-0.2, 0) is 6.54 Å². The molecule has 0 aliphatic heterocycles. The van der Waals surface area contributed by atoms with Crippen LogP contribution in [0.2, 0.25) is 0 Å². The van der Waals surface area contributed by atoms with E-state index in [1.807, 2.05) is 43.3 Å². The fraction of sp³-hybridized carbons (Fsp3) is 0.357. The third-order valence-corrected chi connectivity index (χ3v) is 7.28. The maximum absolute atomic E-state index is 13.2. The van der Waals surface area contributed by atoms with Crippen LogP contribution in [0.1, 0.15) is 61.3 Å². The predicted molar refractivity (Wildman–Crippen MR) is 139 cm³/mol. The molecule has 178 valence electrons. The van der Waals surface area contributed by atoms with Crippen LogP contribution in [0.3, 0.4) is 0 Å². The van der Waals surface area contributed by atoms with Gasteiger partial charge < -0.3 is 14.3 Å².